The number of anilines is 1. The number of aliphatic hydroxyl groups excluding tert-OH is 1. The third-order valence-corrected chi connectivity index (χ3v) is 5.44. The van der Waals surface area contributed by atoms with Gasteiger partial charge in [-0.05, 0) is 43.4 Å². The number of methoxy groups -OCH3 is 1. The SMILES string of the molecule is COc1cc(-c2onc(N3CCCC(CO)(CC(C)C)C3)c2C(=O)O)ccc1F. The molecule has 2 N–H and O–H groups in total. The maximum Gasteiger partial charge on any atom is 0.343 e. The topological polar surface area (TPSA) is 96.0 Å². The highest BCUT2D eigenvalue weighted by Gasteiger charge is 2.38. The van der Waals surface area contributed by atoms with Crippen LogP contribution in [-0.2, 0) is 0 Å². The summed E-state index contributed by atoms with van der Waals surface area (Å²) < 4.78 is 24.1. The van der Waals surface area contributed by atoms with Crippen molar-refractivity contribution in [3.8, 4) is 17.1 Å². The Kier molecular flexibility index (Phi) is 6.12. The molecule has 0 aliphatic carbocycles. The van der Waals surface area contributed by atoms with E-state index >= 15 is 0 Å². The second-order valence-corrected chi connectivity index (χ2v) is 8.15. The molecule has 1 atom stereocenters. The molecule has 0 spiro atoms. The van der Waals surface area contributed by atoms with Crippen molar-refractivity contribution in [2.45, 2.75) is 33.1 Å². The zero-order valence-corrected chi connectivity index (χ0v) is 16.9. The normalized spacial score (nSPS) is 19.6. The molecule has 1 aliphatic heterocycles. The molecule has 1 unspecified atom stereocenters. The van der Waals surface area contributed by atoms with Crippen molar-refractivity contribution in [3.05, 3.63) is 29.6 Å². The van der Waals surface area contributed by atoms with Gasteiger partial charge >= 0.3 is 5.97 Å². The summed E-state index contributed by atoms with van der Waals surface area (Å²) in [6.07, 6.45) is 2.53. The van der Waals surface area contributed by atoms with Gasteiger partial charge < -0.3 is 24.4 Å². The van der Waals surface area contributed by atoms with Gasteiger partial charge in [-0.15, -0.1) is 0 Å². The second kappa shape index (κ2) is 8.41. The van der Waals surface area contributed by atoms with Crippen molar-refractivity contribution in [2.75, 3.05) is 31.7 Å². The van der Waals surface area contributed by atoms with Gasteiger partial charge in [0.1, 0.15) is 0 Å². The molecule has 29 heavy (non-hydrogen) atoms. The number of nitrogens with zero attached hydrogens (tertiary/aromatic N) is 2. The molecule has 1 aromatic carbocycles. The summed E-state index contributed by atoms with van der Waals surface area (Å²) in [5, 5.41) is 24.0. The summed E-state index contributed by atoms with van der Waals surface area (Å²) >= 11 is 0. The lowest BCUT2D eigenvalue weighted by atomic mass is 9.74. The summed E-state index contributed by atoms with van der Waals surface area (Å²) in [6, 6.07) is 4.02. The zero-order chi connectivity index (χ0) is 21.2. The van der Waals surface area contributed by atoms with E-state index in [4.69, 9.17) is 9.26 Å². The molecule has 0 saturated carbocycles. The van der Waals surface area contributed by atoms with E-state index in [0.29, 0.717) is 24.6 Å². The van der Waals surface area contributed by atoms with Crippen LogP contribution < -0.4 is 9.64 Å². The highest BCUT2D eigenvalue weighted by Crippen LogP contribution is 2.40. The van der Waals surface area contributed by atoms with Crippen LogP contribution in [0.2, 0.25) is 0 Å². The predicted molar refractivity (Wildman–Crippen MR) is 106 cm³/mol. The first-order valence-electron chi connectivity index (χ1n) is 9.73. The van der Waals surface area contributed by atoms with Gasteiger partial charge in [-0.25, -0.2) is 9.18 Å². The Hall–Kier alpha value is -2.61. The number of carboxylic acid groups (broad SMARTS) is 1. The van der Waals surface area contributed by atoms with Gasteiger partial charge in [0.15, 0.2) is 28.7 Å². The van der Waals surface area contributed by atoms with Crippen molar-refractivity contribution in [1.82, 2.24) is 5.16 Å². The van der Waals surface area contributed by atoms with E-state index < -0.39 is 11.8 Å². The molecule has 1 fully saturated rings. The van der Waals surface area contributed by atoms with Gasteiger partial charge in [-0.1, -0.05) is 19.0 Å². The molecule has 3 rings (SSSR count). The zero-order valence-electron chi connectivity index (χ0n) is 16.9. The molecule has 0 radical (unpaired) electrons. The third kappa shape index (κ3) is 4.22. The minimum atomic E-state index is -1.18. The van der Waals surface area contributed by atoms with Gasteiger partial charge in [0.25, 0.3) is 0 Å². The highest BCUT2D eigenvalue weighted by atomic mass is 19.1. The van der Waals surface area contributed by atoms with Gasteiger partial charge in [-0.3, -0.25) is 0 Å². The fraction of sp³-hybridized carbons (Fsp3) is 0.524. The Labute approximate surface area is 169 Å². The number of ether oxygens (including phenoxy) is 1. The van der Waals surface area contributed by atoms with Crippen LogP contribution in [0.25, 0.3) is 11.3 Å². The van der Waals surface area contributed by atoms with Crippen LogP contribution in [0.4, 0.5) is 10.2 Å². The minimum absolute atomic E-state index is 0.00834. The molecule has 1 saturated heterocycles. The number of aliphatic hydroxyl groups is 1. The van der Waals surface area contributed by atoms with E-state index in [9.17, 15) is 19.4 Å². The van der Waals surface area contributed by atoms with E-state index in [2.05, 4.69) is 19.0 Å². The standard InChI is InChI=1S/C21H27FN2O5/c1-13(2)10-21(12-25)7-4-8-24(11-21)19-17(20(26)27)18(29-23-19)14-5-6-15(22)16(9-14)28-3/h5-6,9,13,25H,4,7-8,10-12H2,1-3H3,(H,26,27). The number of carbonyl (C=O) groups is 1. The van der Waals surface area contributed by atoms with E-state index in [1.807, 2.05) is 4.90 Å². The molecule has 0 amide bonds. The number of piperidine rings is 1. The van der Waals surface area contributed by atoms with E-state index in [1.54, 1.807) is 0 Å². The number of aromatic nitrogens is 1. The predicted octanol–water partition coefficient (Wildman–Crippen LogP) is 3.81. The smallest absolute Gasteiger partial charge is 0.343 e. The van der Waals surface area contributed by atoms with Crippen molar-refractivity contribution >= 4 is 11.8 Å². The van der Waals surface area contributed by atoms with Gasteiger partial charge in [0.05, 0.1) is 13.7 Å². The lowest BCUT2D eigenvalue weighted by Gasteiger charge is -2.43. The highest BCUT2D eigenvalue weighted by molar-refractivity contribution is 5.99. The number of hydrogen-bond donors (Lipinski definition) is 2. The van der Waals surface area contributed by atoms with Crippen LogP contribution in [0.15, 0.2) is 22.7 Å². The van der Waals surface area contributed by atoms with Crippen LogP contribution in [-0.4, -0.2) is 48.1 Å². The quantitative estimate of drug-likeness (QED) is 0.722. The first-order valence-corrected chi connectivity index (χ1v) is 9.73. The molecule has 2 aromatic rings. The molecule has 1 aliphatic rings. The number of hydrogen-bond acceptors (Lipinski definition) is 6. The molecule has 7 nitrogen and oxygen atoms in total. The Balaban J connectivity index is 2.00. The summed E-state index contributed by atoms with van der Waals surface area (Å²) in [5.41, 5.74) is -0.00983. The number of halogens is 1. The van der Waals surface area contributed by atoms with Crippen LogP contribution >= 0.6 is 0 Å². The first kappa shape index (κ1) is 21.1. The molecular formula is C21H27FN2O5. The lowest BCUT2D eigenvalue weighted by molar-refractivity contribution is 0.0695. The Morgan fingerprint density at radius 3 is 2.83 bits per heavy atom. The van der Waals surface area contributed by atoms with Gasteiger partial charge in [0, 0.05) is 24.1 Å². The summed E-state index contributed by atoms with van der Waals surface area (Å²) in [5.74, 6) is -1.05. The Bertz CT molecular complexity index is 882. The first-order chi connectivity index (χ1) is 13.8. The monoisotopic (exact) mass is 406 g/mol. The van der Waals surface area contributed by atoms with Crippen LogP contribution in [0, 0.1) is 17.2 Å². The maximum atomic E-state index is 13.7. The Morgan fingerprint density at radius 1 is 1.45 bits per heavy atom. The Morgan fingerprint density at radius 2 is 2.21 bits per heavy atom. The number of rotatable bonds is 7. The molecule has 0 bridgehead atoms. The van der Waals surface area contributed by atoms with Crippen LogP contribution in [0.1, 0.15) is 43.5 Å². The summed E-state index contributed by atoms with van der Waals surface area (Å²) in [4.78, 5) is 13.9. The molecular weight excluding hydrogens is 379 g/mol. The maximum absolute atomic E-state index is 13.7. The largest absolute Gasteiger partial charge is 0.494 e. The second-order valence-electron chi connectivity index (χ2n) is 8.15. The molecule has 8 heteroatoms. The van der Waals surface area contributed by atoms with Crippen molar-refractivity contribution in [1.29, 1.82) is 0 Å². The number of aromatic carboxylic acids is 1. The fourth-order valence-corrected chi connectivity index (χ4v) is 4.30. The van der Waals surface area contributed by atoms with Crippen molar-refractivity contribution < 1.29 is 28.7 Å². The van der Waals surface area contributed by atoms with E-state index in [0.717, 1.165) is 19.3 Å². The number of carboxylic acids is 1. The fourth-order valence-electron chi connectivity index (χ4n) is 4.30. The van der Waals surface area contributed by atoms with Gasteiger partial charge in [-0.2, -0.15) is 0 Å². The third-order valence-electron chi connectivity index (χ3n) is 5.44. The molecule has 2 heterocycles. The average Bonchev–Trinajstić information content (AvgIpc) is 3.13. The van der Waals surface area contributed by atoms with Gasteiger partial charge in [0.2, 0.25) is 0 Å². The van der Waals surface area contributed by atoms with E-state index in [1.165, 1.54) is 25.3 Å². The number of benzene rings is 1. The van der Waals surface area contributed by atoms with Crippen molar-refractivity contribution in [2.24, 2.45) is 11.3 Å². The summed E-state index contributed by atoms with van der Waals surface area (Å²) in [6.45, 7) is 5.37. The average molecular weight is 406 g/mol. The minimum Gasteiger partial charge on any atom is -0.494 e. The van der Waals surface area contributed by atoms with Crippen LogP contribution in [0.5, 0.6) is 5.75 Å². The summed E-state index contributed by atoms with van der Waals surface area (Å²) in [7, 11) is 1.34. The van der Waals surface area contributed by atoms with E-state index in [-0.39, 0.29) is 34.9 Å². The van der Waals surface area contributed by atoms with Crippen LogP contribution in [0.3, 0.4) is 0 Å². The van der Waals surface area contributed by atoms with Crippen molar-refractivity contribution in [3.63, 3.8) is 0 Å². The molecule has 158 valence electrons. The molecule has 1 aromatic heterocycles. The lowest BCUT2D eigenvalue weighted by Crippen LogP contribution is -2.46.